The first-order valence-corrected chi connectivity index (χ1v) is 13.1. The summed E-state index contributed by atoms with van der Waals surface area (Å²) >= 11 is 2.47. The molecular formula is C19H22FIN4O3S2. The molecule has 2 aromatic heterocycles. The SMILES string of the molecule is CC(C)(O)c1csc(S(=O)(=NC(=O)Nc2c3c(nc4c2CCC4)CCC3)NI)c1F. The van der Waals surface area contributed by atoms with Crippen molar-refractivity contribution >= 4 is 55.8 Å². The number of nitrogens with one attached hydrogen (secondary N) is 2. The first kappa shape index (κ1) is 22.1. The lowest BCUT2D eigenvalue weighted by Gasteiger charge is -2.16. The molecule has 3 N–H and O–H groups in total. The number of aromatic nitrogens is 1. The van der Waals surface area contributed by atoms with E-state index in [-0.39, 0.29) is 9.77 Å². The summed E-state index contributed by atoms with van der Waals surface area (Å²) < 4.78 is 34.3. The van der Waals surface area contributed by atoms with Crippen LogP contribution in [-0.4, -0.2) is 20.3 Å². The Bertz CT molecular complexity index is 1120. The second kappa shape index (κ2) is 8.08. The average Bonchev–Trinajstić information content (AvgIpc) is 3.39. The molecule has 0 aromatic carbocycles. The Balaban J connectivity index is 1.71. The van der Waals surface area contributed by atoms with E-state index in [4.69, 9.17) is 4.98 Å². The summed E-state index contributed by atoms with van der Waals surface area (Å²) in [6, 6.07) is -0.795. The van der Waals surface area contributed by atoms with Crippen LogP contribution in [0.2, 0.25) is 0 Å². The molecule has 2 amide bonds. The summed E-state index contributed by atoms with van der Waals surface area (Å²) in [7, 11) is -3.56. The van der Waals surface area contributed by atoms with Gasteiger partial charge >= 0.3 is 6.03 Å². The number of halogens is 2. The molecule has 30 heavy (non-hydrogen) atoms. The fourth-order valence-electron chi connectivity index (χ4n) is 4.00. The van der Waals surface area contributed by atoms with E-state index in [0.717, 1.165) is 78.1 Å². The minimum absolute atomic E-state index is 0.0160. The van der Waals surface area contributed by atoms with Gasteiger partial charge in [0.1, 0.15) is 0 Å². The number of pyridine rings is 1. The standard InChI is InChI=1S/C19H22FIN4O3S2/c1-19(2,27)12-9-29-17(15(12)20)30(28,25-21)24-18(26)23-16-10-5-3-7-13(10)22-14-8-4-6-11(14)16/h9,27H,3-8H2,1-2H3,(H2,22,23,24,25,26,28). The molecule has 11 heteroatoms. The van der Waals surface area contributed by atoms with Gasteiger partial charge in [-0.25, -0.2) is 13.4 Å². The Labute approximate surface area is 192 Å². The van der Waals surface area contributed by atoms with Crippen LogP contribution in [0.5, 0.6) is 0 Å². The van der Waals surface area contributed by atoms with Crippen LogP contribution in [0.25, 0.3) is 0 Å². The van der Waals surface area contributed by atoms with Crippen molar-refractivity contribution in [3.8, 4) is 0 Å². The maximum Gasteiger partial charge on any atom is 0.354 e. The molecule has 2 heterocycles. The molecule has 2 aliphatic carbocycles. The van der Waals surface area contributed by atoms with Gasteiger partial charge in [-0.2, -0.15) is 2.94 Å². The smallest absolute Gasteiger partial charge is 0.354 e. The third kappa shape index (κ3) is 3.90. The third-order valence-corrected chi connectivity index (χ3v) is 10.2. The Morgan fingerprint density at radius 1 is 1.27 bits per heavy atom. The lowest BCUT2D eigenvalue weighted by molar-refractivity contribution is 0.0748. The number of amides is 2. The van der Waals surface area contributed by atoms with Crippen LogP contribution in [-0.2, 0) is 41.2 Å². The summed E-state index contributed by atoms with van der Waals surface area (Å²) in [6.45, 7) is 2.88. The van der Waals surface area contributed by atoms with Gasteiger partial charge in [-0.05, 0) is 63.5 Å². The van der Waals surface area contributed by atoms with Crippen LogP contribution in [0, 0.1) is 5.82 Å². The molecule has 0 spiro atoms. The highest BCUT2D eigenvalue weighted by molar-refractivity contribution is 14.1. The van der Waals surface area contributed by atoms with Crippen LogP contribution < -0.4 is 8.25 Å². The van der Waals surface area contributed by atoms with E-state index in [1.54, 1.807) is 22.9 Å². The van der Waals surface area contributed by atoms with E-state index < -0.39 is 27.4 Å². The van der Waals surface area contributed by atoms with Gasteiger partial charge in [-0.15, -0.1) is 15.7 Å². The molecule has 2 aromatic rings. The van der Waals surface area contributed by atoms with Gasteiger partial charge in [0.15, 0.2) is 19.9 Å². The van der Waals surface area contributed by atoms with Gasteiger partial charge in [0, 0.05) is 45.2 Å². The number of urea groups is 1. The molecule has 162 valence electrons. The number of hydrogen-bond donors (Lipinski definition) is 3. The zero-order valence-electron chi connectivity index (χ0n) is 16.6. The lowest BCUT2D eigenvalue weighted by atomic mass is 10.0. The normalized spacial score (nSPS) is 17.4. The molecule has 1 unspecified atom stereocenters. The number of fused-ring (bicyclic) bond motifs is 2. The zero-order valence-corrected chi connectivity index (χ0v) is 20.3. The van der Waals surface area contributed by atoms with Gasteiger partial charge in [0.05, 0.1) is 11.3 Å². The predicted molar refractivity (Wildman–Crippen MR) is 123 cm³/mol. The van der Waals surface area contributed by atoms with Crippen molar-refractivity contribution in [3.05, 3.63) is 39.3 Å². The number of carbonyl (C=O) groups is 1. The van der Waals surface area contributed by atoms with E-state index in [0.29, 0.717) is 0 Å². The van der Waals surface area contributed by atoms with Crippen LogP contribution >= 0.6 is 34.2 Å². The fourth-order valence-corrected chi connectivity index (χ4v) is 7.96. The summed E-state index contributed by atoms with van der Waals surface area (Å²) in [5, 5.41) is 14.3. The van der Waals surface area contributed by atoms with Crippen molar-refractivity contribution in [1.82, 2.24) is 7.92 Å². The van der Waals surface area contributed by atoms with Gasteiger partial charge in [-0.3, -0.25) is 4.98 Å². The van der Waals surface area contributed by atoms with Gasteiger partial charge < -0.3 is 10.4 Å². The maximum atomic E-state index is 14.9. The molecule has 0 bridgehead atoms. The number of anilines is 1. The minimum atomic E-state index is -3.56. The number of hydrogen-bond acceptors (Lipinski definition) is 5. The number of thiophene rings is 1. The summed E-state index contributed by atoms with van der Waals surface area (Å²) in [4.78, 5) is 17.5. The maximum absolute atomic E-state index is 14.9. The van der Waals surface area contributed by atoms with Crippen molar-refractivity contribution in [1.29, 1.82) is 0 Å². The van der Waals surface area contributed by atoms with Crippen LogP contribution in [0.1, 0.15) is 54.8 Å². The molecule has 0 saturated carbocycles. The van der Waals surface area contributed by atoms with Crippen molar-refractivity contribution in [2.24, 2.45) is 4.36 Å². The number of aliphatic hydroxyl groups is 1. The molecule has 2 aliphatic rings. The van der Waals surface area contributed by atoms with Gasteiger partial charge in [-0.1, -0.05) is 0 Å². The van der Waals surface area contributed by atoms with Crippen molar-refractivity contribution in [2.45, 2.75) is 62.2 Å². The molecule has 1 atom stereocenters. The van der Waals surface area contributed by atoms with Crippen molar-refractivity contribution in [2.75, 3.05) is 5.32 Å². The zero-order chi connectivity index (χ0) is 21.7. The predicted octanol–water partition coefficient (Wildman–Crippen LogP) is 4.40. The Kier molecular flexibility index (Phi) is 5.94. The second-order valence-corrected chi connectivity index (χ2v) is 12.2. The molecule has 4 rings (SSSR count). The lowest BCUT2D eigenvalue weighted by Crippen LogP contribution is -2.21. The molecule has 0 radical (unpaired) electrons. The molecule has 0 aliphatic heterocycles. The number of rotatable bonds is 4. The average molecular weight is 564 g/mol. The topological polar surface area (TPSA) is 104 Å². The van der Waals surface area contributed by atoms with Crippen molar-refractivity contribution in [3.63, 3.8) is 0 Å². The van der Waals surface area contributed by atoms with Crippen LogP contribution in [0.15, 0.2) is 14.0 Å². The highest BCUT2D eigenvalue weighted by Gasteiger charge is 2.31. The quantitative estimate of drug-likeness (QED) is 0.379. The Morgan fingerprint density at radius 3 is 2.37 bits per heavy atom. The Hall–Kier alpha value is -1.15. The molecule has 0 saturated heterocycles. The first-order chi connectivity index (χ1) is 14.1. The first-order valence-electron chi connectivity index (χ1n) is 9.63. The van der Waals surface area contributed by atoms with Crippen LogP contribution in [0.4, 0.5) is 14.9 Å². The van der Waals surface area contributed by atoms with Gasteiger partial charge in [0.2, 0.25) is 0 Å². The molecule has 7 nitrogen and oxygen atoms in total. The monoisotopic (exact) mass is 564 g/mol. The molecule has 0 fully saturated rings. The number of carbonyl (C=O) groups excluding carboxylic acids is 1. The largest absolute Gasteiger partial charge is 0.386 e. The van der Waals surface area contributed by atoms with E-state index in [1.807, 2.05) is 0 Å². The minimum Gasteiger partial charge on any atom is -0.386 e. The highest BCUT2D eigenvalue weighted by Crippen LogP contribution is 2.37. The van der Waals surface area contributed by atoms with E-state index in [9.17, 15) is 18.5 Å². The fraction of sp³-hybridized carbons (Fsp3) is 0.474. The summed E-state index contributed by atoms with van der Waals surface area (Å²) in [6.07, 6.45) is 5.40. The van der Waals surface area contributed by atoms with Crippen LogP contribution in [0.3, 0.4) is 0 Å². The van der Waals surface area contributed by atoms with E-state index >= 15 is 0 Å². The highest BCUT2D eigenvalue weighted by atomic mass is 127. The number of aryl methyl sites for hydroxylation is 2. The van der Waals surface area contributed by atoms with Gasteiger partial charge in [0.25, 0.3) is 0 Å². The van der Waals surface area contributed by atoms with Crippen molar-refractivity contribution < 1.29 is 18.5 Å². The number of nitrogens with zero attached hydrogens (tertiary/aromatic N) is 2. The van der Waals surface area contributed by atoms with E-state index in [2.05, 4.69) is 12.6 Å². The summed E-state index contributed by atoms with van der Waals surface area (Å²) in [5.41, 5.74) is 3.39. The molecular weight excluding hydrogens is 542 g/mol. The second-order valence-electron chi connectivity index (χ2n) is 7.98. The third-order valence-electron chi connectivity index (χ3n) is 5.41. The van der Waals surface area contributed by atoms with E-state index in [1.165, 1.54) is 19.2 Å². The summed E-state index contributed by atoms with van der Waals surface area (Å²) in [5.74, 6) is -0.816. The Morgan fingerprint density at radius 2 is 1.87 bits per heavy atom.